The first-order valence-corrected chi connectivity index (χ1v) is 9.59. The summed E-state index contributed by atoms with van der Waals surface area (Å²) in [6.07, 6.45) is 1.66. The van der Waals surface area contributed by atoms with Crippen LogP contribution in [0, 0.1) is 17.7 Å². The molecule has 0 aromatic heterocycles. The van der Waals surface area contributed by atoms with Crippen molar-refractivity contribution in [1.82, 2.24) is 9.91 Å². The third kappa shape index (κ3) is 2.40. The first kappa shape index (κ1) is 17.7. The predicted octanol–water partition coefficient (Wildman–Crippen LogP) is 2.40. The van der Waals surface area contributed by atoms with Gasteiger partial charge in [0.05, 0.1) is 24.1 Å². The Morgan fingerprint density at radius 3 is 2.45 bits per heavy atom. The summed E-state index contributed by atoms with van der Waals surface area (Å²) >= 11 is 0. The molecule has 2 saturated heterocycles. The summed E-state index contributed by atoms with van der Waals surface area (Å²) in [7, 11) is 0. The van der Waals surface area contributed by atoms with Crippen molar-refractivity contribution in [3.05, 3.63) is 71.0 Å². The van der Waals surface area contributed by atoms with Crippen LogP contribution in [0.25, 0.3) is 0 Å². The molecule has 0 aliphatic carbocycles. The van der Waals surface area contributed by atoms with E-state index < -0.39 is 29.7 Å². The highest BCUT2D eigenvalue weighted by molar-refractivity contribution is 6.12. The smallest absolute Gasteiger partial charge is 0.235 e. The van der Waals surface area contributed by atoms with E-state index in [1.807, 2.05) is 24.3 Å². The van der Waals surface area contributed by atoms with Gasteiger partial charge in [-0.15, -0.1) is 0 Å². The number of hydrogen-bond acceptors (Lipinski definition) is 5. The summed E-state index contributed by atoms with van der Waals surface area (Å²) in [4.78, 5) is 40.8. The Morgan fingerprint density at radius 1 is 1.03 bits per heavy atom. The van der Waals surface area contributed by atoms with E-state index in [-0.39, 0.29) is 24.1 Å². The zero-order valence-corrected chi connectivity index (χ0v) is 15.7. The van der Waals surface area contributed by atoms with E-state index in [1.165, 1.54) is 29.2 Å². The van der Waals surface area contributed by atoms with Crippen LogP contribution in [-0.4, -0.2) is 46.3 Å². The minimum absolute atomic E-state index is 0.264. The Labute approximate surface area is 166 Å². The summed E-state index contributed by atoms with van der Waals surface area (Å²) in [5.41, 5.74) is 2.05. The fraction of sp³-hybridized carbons (Fsp3) is 0.273. The molecule has 0 unspecified atom stereocenters. The molecular formula is C22H18FN3O3. The van der Waals surface area contributed by atoms with Crippen LogP contribution in [0.4, 0.5) is 4.39 Å². The van der Waals surface area contributed by atoms with E-state index in [0.29, 0.717) is 5.56 Å². The van der Waals surface area contributed by atoms with E-state index in [1.54, 1.807) is 18.1 Å². The third-order valence-corrected chi connectivity index (χ3v) is 6.10. The van der Waals surface area contributed by atoms with Gasteiger partial charge in [0.2, 0.25) is 11.8 Å². The van der Waals surface area contributed by atoms with Gasteiger partial charge in [0.1, 0.15) is 11.9 Å². The zero-order valence-electron chi connectivity index (χ0n) is 15.7. The summed E-state index contributed by atoms with van der Waals surface area (Å²) < 4.78 is 13.3. The molecule has 2 amide bonds. The quantitative estimate of drug-likeness (QED) is 0.595. The van der Waals surface area contributed by atoms with Crippen molar-refractivity contribution in [3.8, 4) is 0 Å². The van der Waals surface area contributed by atoms with Gasteiger partial charge in [-0.25, -0.2) is 4.39 Å². The van der Waals surface area contributed by atoms with Crippen molar-refractivity contribution < 1.29 is 18.8 Å². The monoisotopic (exact) mass is 391 g/mol. The molecular weight excluding hydrogens is 373 g/mol. The molecule has 2 aromatic rings. The number of likely N-dealkylation sites (tertiary alicyclic amines) is 1. The second kappa shape index (κ2) is 6.34. The van der Waals surface area contributed by atoms with Crippen LogP contribution in [0.3, 0.4) is 0 Å². The zero-order chi connectivity index (χ0) is 20.3. The fourth-order valence-corrected chi connectivity index (χ4v) is 4.83. The van der Waals surface area contributed by atoms with Crippen LogP contribution >= 0.6 is 0 Å². The molecule has 146 valence electrons. The molecule has 0 N–H and O–H groups in total. The largest absolute Gasteiger partial charge is 0.292 e. The number of carbonyl (C=O) groups excluding carboxylic acids is 3. The summed E-state index contributed by atoms with van der Waals surface area (Å²) in [5.74, 6) is -2.87. The van der Waals surface area contributed by atoms with Crippen LogP contribution < -0.4 is 0 Å². The van der Waals surface area contributed by atoms with Gasteiger partial charge in [0.25, 0.3) is 0 Å². The van der Waals surface area contributed by atoms with Gasteiger partial charge in [-0.05, 0) is 42.3 Å². The average molecular weight is 391 g/mol. The number of amides is 2. The second-order valence-electron chi connectivity index (χ2n) is 7.49. The number of halogens is 1. The molecule has 2 fully saturated rings. The summed E-state index contributed by atoms with van der Waals surface area (Å²) in [6, 6.07) is 11.4. The number of rotatable bonds is 3. The van der Waals surface area contributed by atoms with Gasteiger partial charge in [-0.1, -0.05) is 24.3 Å². The minimum Gasteiger partial charge on any atom is -0.292 e. The lowest BCUT2D eigenvalue weighted by Gasteiger charge is -2.33. The molecule has 0 bridgehead atoms. The fourth-order valence-electron chi connectivity index (χ4n) is 4.83. The first-order chi connectivity index (χ1) is 14.0. The molecule has 2 aromatic carbocycles. The van der Waals surface area contributed by atoms with Crippen molar-refractivity contribution in [1.29, 1.82) is 0 Å². The first-order valence-electron chi connectivity index (χ1n) is 9.59. The van der Waals surface area contributed by atoms with Crippen LogP contribution in [0.5, 0.6) is 0 Å². The van der Waals surface area contributed by atoms with E-state index in [2.05, 4.69) is 5.10 Å². The highest BCUT2D eigenvalue weighted by Gasteiger charge is 2.64. The number of fused-ring (bicyclic) bond motifs is 5. The maximum Gasteiger partial charge on any atom is 0.235 e. The molecule has 5 rings (SSSR count). The summed E-state index contributed by atoms with van der Waals surface area (Å²) in [5, 5.41) is 6.07. The Hall–Kier alpha value is -3.35. The van der Waals surface area contributed by atoms with Crippen molar-refractivity contribution >= 4 is 23.8 Å². The highest BCUT2D eigenvalue weighted by atomic mass is 19.1. The minimum atomic E-state index is -0.909. The van der Waals surface area contributed by atoms with Crippen LogP contribution in [0.2, 0.25) is 0 Å². The average Bonchev–Trinajstić information content (AvgIpc) is 3.21. The number of carbonyl (C=O) groups is 3. The van der Waals surface area contributed by atoms with Gasteiger partial charge >= 0.3 is 0 Å². The second-order valence-corrected chi connectivity index (χ2v) is 7.49. The molecule has 0 saturated carbocycles. The number of hydrogen-bond donors (Lipinski definition) is 0. The van der Waals surface area contributed by atoms with Crippen molar-refractivity contribution in [3.63, 3.8) is 0 Å². The molecule has 0 spiro atoms. The standard InChI is InChI=1S/C22H18FN3O3/c1-2-25-21(28)16-17(22(25)29)19(20(27)12-7-9-14(23)10-8-12)26-18(16)15-6-4-3-5-13(15)11-24-26/h3-11,16-19H,2H2,1H3/t16-,17+,18+,19-/m0/s1. The number of ketones is 1. The van der Waals surface area contributed by atoms with Gasteiger partial charge in [0, 0.05) is 12.1 Å². The van der Waals surface area contributed by atoms with Crippen molar-refractivity contribution in [2.24, 2.45) is 16.9 Å². The van der Waals surface area contributed by atoms with Gasteiger partial charge in [-0.3, -0.25) is 24.3 Å². The van der Waals surface area contributed by atoms with E-state index in [4.69, 9.17) is 0 Å². The predicted molar refractivity (Wildman–Crippen MR) is 103 cm³/mol. The Balaban J connectivity index is 1.65. The highest BCUT2D eigenvalue weighted by Crippen LogP contribution is 2.52. The maximum absolute atomic E-state index is 13.4. The molecule has 29 heavy (non-hydrogen) atoms. The Kier molecular flexibility index (Phi) is 3.87. The normalized spacial score (nSPS) is 27.1. The summed E-state index contributed by atoms with van der Waals surface area (Å²) in [6.45, 7) is 2.01. The van der Waals surface area contributed by atoms with Crippen molar-refractivity contribution in [2.45, 2.75) is 19.0 Å². The lowest BCUT2D eigenvalue weighted by atomic mass is 9.83. The SMILES string of the molecule is CCN1C(=O)[C@@H]2[C@H](C1=O)[C@H]1c3ccccc3C=NN1[C@@H]2C(=O)c1ccc(F)cc1. The van der Waals surface area contributed by atoms with Crippen LogP contribution in [-0.2, 0) is 9.59 Å². The third-order valence-electron chi connectivity index (χ3n) is 6.10. The molecule has 3 aliphatic rings. The maximum atomic E-state index is 13.4. The molecule has 0 radical (unpaired) electrons. The van der Waals surface area contributed by atoms with E-state index in [0.717, 1.165) is 11.1 Å². The van der Waals surface area contributed by atoms with Crippen LogP contribution in [0.1, 0.15) is 34.5 Å². The molecule has 7 heteroatoms. The van der Waals surface area contributed by atoms with Crippen molar-refractivity contribution in [2.75, 3.05) is 6.54 Å². The number of imide groups is 1. The number of benzene rings is 2. The molecule has 4 atom stereocenters. The van der Waals surface area contributed by atoms with Gasteiger partial charge < -0.3 is 0 Å². The lowest BCUT2D eigenvalue weighted by Crippen LogP contribution is -2.44. The number of hydrazone groups is 1. The Bertz CT molecular complexity index is 1070. The lowest BCUT2D eigenvalue weighted by molar-refractivity contribution is -0.141. The van der Waals surface area contributed by atoms with Gasteiger partial charge in [0.15, 0.2) is 5.78 Å². The Morgan fingerprint density at radius 2 is 1.72 bits per heavy atom. The molecule has 3 aliphatic heterocycles. The number of nitrogens with zero attached hydrogens (tertiary/aromatic N) is 3. The van der Waals surface area contributed by atoms with Gasteiger partial charge in [-0.2, -0.15) is 5.10 Å². The molecule has 6 nitrogen and oxygen atoms in total. The molecule has 3 heterocycles. The van der Waals surface area contributed by atoms with Crippen LogP contribution in [0.15, 0.2) is 53.6 Å². The topological polar surface area (TPSA) is 70.1 Å². The number of Topliss-reactive ketones (excluding diaryl/α,β-unsaturated/α-hetero) is 1. The van der Waals surface area contributed by atoms with E-state index in [9.17, 15) is 18.8 Å². The van der Waals surface area contributed by atoms with E-state index >= 15 is 0 Å².